The molecule has 5 nitrogen and oxygen atoms in total. The first kappa shape index (κ1) is 21.9. The molecule has 33 heavy (non-hydrogen) atoms. The average molecular weight is 437 g/mol. The van der Waals surface area contributed by atoms with Crippen LogP contribution >= 0.6 is 0 Å². The predicted octanol–water partition coefficient (Wildman–Crippen LogP) is 5.06. The first-order valence-corrected chi connectivity index (χ1v) is 10.7. The van der Waals surface area contributed by atoms with Crippen molar-refractivity contribution in [1.82, 2.24) is 5.32 Å². The third-order valence-corrected chi connectivity index (χ3v) is 5.45. The van der Waals surface area contributed by atoms with Crippen LogP contribution in [0.15, 0.2) is 78.9 Å². The fraction of sp³-hybridized carbons (Fsp3) is 0.143. The molecular formula is C28H23NO4. The third-order valence-electron chi connectivity index (χ3n) is 5.45. The van der Waals surface area contributed by atoms with Crippen LogP contribution in [0.2, 0.25) is 0 Å². The highest BCUT2D eigenvalue weighted by Gasteiger charge is 2.28. The predicted molar refractivity (Wildman–Crippen MR) is 128 cm³/mol. The van der Waals surface area contributed by atoms with Crippen LogP contribution in [-0.2, 0) is 9.53 Å². The average Bonchev–Trinajstić information content (AvgIpc) is 3.15. The Morgan fingerprint density at radius 3 is 2.27 bits per heavy atom. The molecule has 5 heteroatoms. The number of hydrogen-bond donors (Lipinski definition) is 2. The van der Waals surface area contributed by atoms with Crippen molar-refractivity contribution in [2.75, 3.05) is 13.2 Å². The van der Waals surface area contributed by atoms with Crippen LogP contribution in [-0.4, -0.2) is 30.3 Å². The lowest BCUT2D eigenvalue weighted by Gasteiger charge is -2.14. The van der Waals surface area contributed by atoms with Crippen LogP contribution in [0, 0.1) is 11.8 Å². The summed E-state index contributed by atoms with van der Waals surface area (Å²) in [6.07, 6.45) is 2.57. The molecule has 0 aliphatic heterocycles. The number of carbonyl (C=O) groups is 2. The van der Waals surface area contributed by atoms with Gasteiger partial charge in [-0.15, -0.1) is 0 Å². The number of benzene rings is 3. The van der Waals surface area contributed by atoms with Crippen molar-refractivity contribution in [3.63, 3.8) is 0 Å². The quantitative estimate of drug-likeness (QED) is 0.321. The Labute approximate surface area is 192 Å². The van der Waals surface area contributed by atoms with Crippen molar-refractivity contribution in [2.24, 2.45) is 0 Å². The number of amides is 1. The zero-order chi connectivity index (χ0) is 23.0. The molecule has 0 bridgehead atoms. The van der Waals surface area contributed by atoms with Crippen LogP contribution < -0.4 is 5.32 Å². The zero-order valence-electron chi connectivity index (χ0n) is 18.0. The topological polar surface area (TPSA) is 75.6 Å². The maximum atomic E-state index is 12.2. The molecule has 0 saturated heterocycles. The Bertz CT molecular complexity index is 1220. The number of carboxylic acids is 1. The van der Waals surface area contributed by atoms with Gasteiger partial charge in [0.25, 0.3) is 0 Å². The van der Waals surface area contributed by atoms with Gasteiger partial charge in [0.15, 0.2) is 0 Å². The van der Waals surface area contributed by atoms with E-state index in [2.05, 4.69) is 41.4 Å². The number of carboxylic acid groups (broad SMARTS) is 1. The molecule has 4 rings (SSSR count). The Balaban J connectivity index is 1.29. The summed E-state index contributed by atoms with van der Waals surface area (Å²) in [5.74, 6) is 5.05. The minimum Gasteiger partial charge on any atom is -0.478 e. The summed E-state index contributed by atoms with van der Waals surface area (Å²) in [5.41, 5.74) is 6.20. The minimum absolute atomic E-state index is 0.0262. The molecule has 164 valence electrons. The van der Waals surface area contributed by atoms with Crippen molar-refractivity contribution < 1.29 is 19.4 Å². The maximum Gasteiger partial charge on any atom is 0.407 e. The Kier molecular flexibility index (Phi) is 6.87. The lowest BCUT2D eigenvalue weighted by atomic mass is 9.98. The van der Waals surface area contributed by atoms with Gasteiger partial charge >= 0.3 is 12.1 Å². The van der Waals surface area contributed by atoms with Gasteiger partial charge in [-0.25, -0.2) is 9.59 Å². The third kappa shape index (κ3) is 5.31. The maximum absolute atomic E-state index is 12.2. The van der Waals surface area contributed by atoms with E-state index in [0.29, 0.717) is 13.0 Å². The Morgan fingerprint density at radius 1 is 0.939 bits per heavy atom. The number of fused-ring (bicyclic) bond motifs is 3. The summed E-state index contributed by atoms with van der Waals surface area (Å²) in [6.45, 7) is 0.631. The molecule has 0 unspecified atom stereocenters. The smallest absolute Gasteiger partial charge is 0.407 e. The Morgan fingerprint density at radius 2 is 1.58 bits per heavy atom. The van der Waals surface area contributed by atoms with Gasteiger partial charge in [0.05, 0.1) is 0 Å². The highest BCUT2D eigenvalue weighted by molar-refractivity contribution is 5.86. The molecular weight excluding hydrogens is 414 g/mol. The van der Waals surface area contributed by atoms with Gasteiger partial charge in [0.2, 0.25) is 0 Å². The first-order valence-electron chi connectivity index (χ1n) is 10.7. The molecule has 3 aromatic rings. The number of nitrogens with one attached hydrogen (secondary N) is 1. The van der Waals surface area contributed by atoms with Gasteiger partial charge in [-0.3, -0.25) is 0 Å². The standard InChI is InChI=1S/C28H23NO4/c30-27(31)17-16-21-10-2-1-9-20(21)11-7-8-18-29-28(32)33-19-26-24-14-5-3-12-22(24)23-13-4-6-15-25(23)26/h1-6,9-10,12-17,26H,8,18-19H2,(H,29,32)(H,30,31)/b17-16+. The van der Waals surface area contributed by atoms with Gasteiger partial charge in [-0.05, 0) is 40.0 Å². The lowest BCUT2D eigenvalue weighted by Crippen LogP contribution is -2.26. The van der Waals surface area contributed by atoms with E-state index in [1.54, 1.807) is 6.07 Å². The van der Waals surface area contributed by atoms with E-state index in [0.717, 1.165) is 17.2 Å². The molecule has 2 N–H and O–H groups in total. The van der Waals surface area contributed by atoms with Gasteiger partial charge in [-0.1, -0.05) is 78.6 Å². The number of alkyl carbamates (subject to hydrolysis) is 1. The molecule has 1 aliphatic rings. The summed E-state index contributed by atoms with van der Waals surface area (Å²) >= 11 is 0. The fourth-order valence-electron chi connectivity index (χ4n) is 3.95. The van der Waals surface area contributed by atoms with E-state index in [9.17, 15) is 9.59 Å². The molecule has 1 amide bonds. The Hall–Kier alpha value is -4.30. The van der Waals surface area contributed by atoms with Crippen molar-refractivity contribution in [3.05, 3.63) is 101 Å². The summed E-state index contributed by atoms with van der Waals surface area (Å²) in [7, 11) is 0. The summed E-state index contributed by atoms with van der Waals surface area (Å²) in [6, 6.07) is 23.7. The van der Waals surface area contributed by atoms with E-state index in [-0.39, 0.29) is 12.5 Å². The van der Waals surface area contributed by atoms with Gasteiger partial charge in [0, 0.05) is 30.5 Å². The summed E-state index contributed by atoms with van der Waals surface area (Å²) in [5, 5.41) is 11.5. The number of ether oxygens (including phenoxy) is 1. The van der Waals surface area contributed by atoms with Gasteiger partial charge in [0.1, 0.15) is 6.61 Å². The van der Waals surface area contributed by atoms with E-state index >= 15 is 0 Å². The molecule has 0 heterocycles. The summed E-state index contributed by atoms with van der Waals surface area (Å²) < 4.78 is 5.52. The van der Waals surface area contributed by atoms with Crippen molar-refractivity contribution in [3.8, 4) is 23.0 Å². The van der Waals surface area contributed by atoms with Crippen LogP contribution in [0.5, 0.6) is 0 Å². The second-order valence-corrected chi connectivity index (χ2v) is 7.56. The second-order valence-electron chi connectivity index (χ2n) is 7.56. The van der Waals surface area contributed by atoms with E-state index in [1.807, 2.05) is 42.5 Å². The molecule has 0 fully saturated rings. The van der Waals surface area contributed by atoms with E-state index in [1.165, 1.54) is 28.3 Å². The molecule has 3 aromatic carbocycles. The highest BCUT2D eigenvalue weighted by Crippen LogP contribution is 2.44. The van der Waals surface area contributed by atoms with Crippen LogP contribution in [0.4, 0.5) is 4.79 Å². The number of carbonyl (C=O) groups excluding carboxylic acids is 1. The molecule has 0 saturated carbocycles. The zero-order valence-corrected chi connectivity index (χ0v) is 18.0. The van der Waals surface area contributed by atoms with Gasteiger partial charge < -0.3 is 15.2 Å². The number of aliphatic carboxylic acids is 1. The highest BCUT2D eigenvalue weighted by atomic mass is 16.5. The molecule has 0 aromatic heterocycles. The normalized spacial score (nSPS) is 11.9. The van der Waals surface area contributed by atoms with Crippen molar-refractivity contribution in [2.45, 2.75) is 12.3 Å². The van der Waals surface area contributed by atoms with Crippen molar-refractivity contribution >= 4 is 18.1 Å². The monoisotopic (exact) mass is 437 g/mol. The lowest BCUT2D eigenvalue weighted by molar-refractivity contribution is -0.131. The van der Waals surface area contributed by atoms with Crippen LogP contribution in [0.25, 0.3) is 17.2 Å². The number of rotatable bonds is 6. The second kappa shape index (κ2) is 10.3. The molecule has 0 atom stereocenters. The number of hydrogen-bond acceptors (Lipinski definition) is 3. The first-order chi connectivity index (χ1) is 16.1. The van der Waals surface area contributed by atoms with Gasteiger partial charge in [-0.2, -0.15) is 0 Å². The molecule has 1 aliphatic carbocycles. The largest absolute Gasteiger partial charge is 0.478 e. The van der Waals surface area contributed by atoms with E-state index < -0.39 is 12.1 Å². The SMILES string of the molecule is O=C(O)/C=C/c1ccccc1C#CCCNC(=O)OCC1c2ccccc2-c2ccccc21. The van der Waals surface area contributed by atoms with Crippen LogP contribution in [0.1, 0.15) is 34.6 Å². The summed E-state index contributed by atoms with van der Waals surface area (Å²) in [4.78, 5) is 22.9. The van der Waals surface area contributed by atoms with Crippen molar-refractivity contribution in [1.29, 1.82) is 0 Å². The van der Waals surface area contributed by atoms with E-state index in [4.69, 9.17) is 9.84 Å². The fourth-order valence-corrected chi connectivity index (χ4v) is 3.95. The molecule has 0 spiro atoms. The molecule has 0 radical (unpaired) electrons. The minimum atomic E-state index is -1.01. The van der Waals surface area contributed by atoms with Crippen LogP contribution in [0.3, 0.4) is 0 Å².